The second kappa shape index (κ2) is 4.82. The molecule has 1 aliphatic rings. The van der Waals surface area contributed by atoms with Crippen molar-refractivity contribution in [3.63, 3.8) is 0 Å². The summed E-state index contributed by atoms with van der Waals surface area (Å²) < 4.78 is 1.91. The first kappa shape index (κ1) is 12.4. The quantitative estimate of drug-likeness (QED) is 0.896. The minimum atomic E-state index is 0.532. The van der Waals surface area contributed by atoms with E-state index in [0.717, 1.165) is 11.4 Å². The highest BCUT2D eigenvalue weighted by molar-refractivity contribution is 5.70. The maximum absolute atomic E-state index is 5.88. The second-order valence-corrected chi connectivity index (χ2v) is 5.43. The molecule has 3 nitrogen and oxygen atoms in total. The molecule has 1 aromatic carbocycles. The van der Waals surface area contributed by atoms with E-state index in [2.05, 4.69) is 30.2 Å². The molecule has 3 heteroatoms. The van der Waals surface area contributed by atoms with Gasteiger partial charge in [-0.2, -0.15) is 5.10 Å². The summed E-state index contributed by atoms with van der Waals surface area (Å²) in [7, 11) is 1.97. The highest BCUT2D eigenvalue weighted by Gasteiger charge is 2.16. The molecule has 19 heavy (non-hydrogen) atoms. The van der Waals surface area contributed by atoms with Crippen LogP contribution in [0.4, 0.5) is 0 Å². The molecule has 0 saturated heterocycles. The SMILES string of the molecule is Cc1nn(C)c(CN)c1-c1ccc2c(c1)CCCC2. The van der Waals surface area contributed by atoms with Crippen molar-refractivity contribution < 1.29 is 0 Å². The molecule has 1 heterocycles. The predicted molar refractivity (Wildman–Crippen MR) is 77.9 cm³/mol. The van der Waals surface area contributed by atoms with E-state index in [9.17, 15) is 0 Å². The predicted octanol–water partition coefficient (Wildman–Crippen LogP) is 2.73. The Morgan fingerprint density at radius 2 is 1.95 bits per heavy atom. The third kappa shape index (κ3) is 2.08. The second-order valence-electron chi connectivity index (χ2n) is 5.43. The zero-order valence-electron chi connectivity index (χ0n) is 11.7. The topological polar surface area (TPSA) is 43.8 Å². The molecular formula is C16H21N3. The standard InChI is InChI=1S/C16H21N3/c1-11-16(15(10-17)19(2)18-11)14-8-7-12-5-3-4-6-13(12)9-14/h7-9H,3-6,10,17H2,1-2H3. The number of aromatic nitrogens is 2. The van der Waals surface area contributed by atoms with Crippen LogP contribution in [0.5, 0.6) is 0 Å². The van der Waals surface area contributed by atoms with Gasteiger partial charge in [0.1, 0.15) is 0 Å². The smallest absolute Gasteiger partial charge is 0.0675 e. The van der Waals surface area contributed by atoms with E-state index in [-0.39, 0.29) is 0 Å². The van der Waals surface area contributed by atoms with E-state index in [1.54, 1.807) is 0 Å². The first-order chi connectivity index (χ1) is 9.20. The van der Waals surface area contributed by atoms with Gasteiger partial charge in [0.15, 0.2) is 0 Å². The van der Waals surface area contributed by atoms with Crippen molar-refractivity contribution in [2.24, 2.45) is 12.8 Å². The van der Waals surface area contributed by atoms with Crippen molar-refractivity contribution in [3.8, 4) is 11.1 Å². The molecule has 100 valence electrons. The van der Waals surface area contributed by atoms with Crippen molar-refractivity contribution in [1.82, 2.24) is 9.78 Å². The molecule has 1 aliphatic carbocycles. The van der Waals surface area contributed by atoms with Crippen molar-refractivity contribution in [1.29, 1.82) is 0 Å². The lowest BCUT2D eigenvalue weighted by molar-refractivity contribution is 0.686. The monoisotopic (exact) mass is 255 g/mol. The van der Waals surface area contributed by atoms with E-state index in [1.807, 2.05) is 11.7 Å². The summed E-state index contributed by atoms with van der Waals surface area (Å²) >= 11 is 0. The van der Waals surface area contributed by atoms with Crippen LogP contribution >= 0.6 is 0 Å². The molecule has 2 aromatic rings. The van der Waals surface area contributed by atoms with E-state index in [4.69, 9.17) is 5.73 Å². The van der Waals surface area contributed by atoms with Crippen molar-refractivity contribution in [2.75, 3.05) is 0 Å². The fraction of sp³-hybridized carbons (Fsp3) is 0.438. The normalized spacial score (nSPS) is 14.5. The molecule has 1 aromatic heterocycles. The summed E-state index contributed by atoms with van der Waals surface area (Å²) in [6, 6.07) is 6.86. The lowest BCUT2D eigenvalue weighted by Crippen LogP contribution is -2.06. The zero-order chi connectivity index (χ0) is 13.4. The number of nitrogens with two attached hydrogens (primary N) is 1. The van der Waals surface area contributed by atoms with Crippen LogP contribution in [0.3, 0.4) is 0 Å². The van der Waals surface area contributed by atoms with Crippen molar-refractivity contribution in [2.45, 2.75) is 39.2 Å². The number of benzene rings is 1. The molecule has 0 spiro atoms. The van der Waals surface area contributed by atoms with Gasteiger partial charge in [0, 0.05) is 19.2 Å². The first-order valence-electron chi connectivity index (χ1n) is 7.05. The summed E-state index contributed by atoms with van der Waals surface area (Å²) in [6.07, 6.45) is 5.07. The van der Waals surface area contributed by atoms with Crippen LogP contribution < -0.4 is 5.73 Å². The Balaban J connectivity index is 2.12. The molecule has 0 atom stereocenters. The third-order valence-electron chi connectivity index (χ3n) is 4.17. The maximum atomic E-state index is 5.88. The zero-order valence-corrected chi connectivity index (χ0v) is 11.7. The van der Waals surface area contributed by atoms with Crippen LogP contribution in [-0.2, 0) is 26.4 Å². The average molecular weight is 255 g/mol. The van der Waals surface area contributed by atoms with Crippen LogP contribution in [0.25, 0.3) is 11.1 Å². The molecule has 2 N–H and O–H groups in total. The molecule has 0 aliphatic heterocycles. The number of rotatable bonds is 2. The fourth-order valence-electron chi connectivity index (χ4n) is 3.20. The van der Waals surface area contributed by atoms with E-state index < -0.39 is 0 Å². The van der Waals surface area contributed by atoms with Crippen molar-refractivity contribution in [3.05, 3.63) is 40.7 Å². The molecule has 0 saturated carbocycles. The van der Waals surface area contributed by atoms with Gasteiger partial charge in [0.05, 0.1) is 11.4 Å². The van der Waals surface area contributed by atoms with Gasteiger partial charge >= 0.3 is 0 Å². The maximum Gasteiger partial charge on any atom is 0.0675 e. The van der Waals surface area contributed by atoms with Crippen LogP contribution in [0.1, 0.15) is 35.4 Å². The Hall–Kier alpha value is -1.61. The molecule has 0 unspecified atom stereocenters. The van der Waals surface area contributed by atoms with E-state index >= 15 is 0 Å². The summed E-state index contributed by atoms with van der Waals surface area (Å²) in [6.45, 7) is 2.59. The third-order valence-corrected chi connectivity index (χ3v) is 4.17. The van der Waals surface area contributed by atoms with Crippen LogP contribution in [0.2, 0.25) is 0 Å². The van der Waals surface area contributed by atoms with Crippen LogP contribution in [0, 0.1) is 6.92 Å². The van der Waals surface area contributed by atoms with Crippen molar-refractivity contribution >= 4 is 0 Å². The lowest BCUT2D eigenvalue weighted by atomic mass is 9.89. The highest BCUT2D eigenvalue weighted by atomic mass is 15.3. The number of hydrogen-bond donors (Lipinski definition) is 1. The molecule has 0 fully saturated rings. The van der Waals surface area contributed by atoms with Gasteiger partial charge in [-0.05, 0) is 49.3 Å². The number of fused-ring (bicyclic) bond motifs is 1. The van der Waals surface area contributed by atoms with E-state index in [0.29, 0.717) is 6.54 Å². The Bertz CT molecular complexity index is 611. The van der Waals surface area contributed by atoms with Gasteiger partial charge < -0.3 is 5.73 Å². The fourth-order valence-corrected chi connectivity index (χ4v) is 3.20. The first-order valence-corrected chi connectivity index (χ1v) is 7.05. The lowest BCUT2D eigenvalue weighted by Gasteiger charge is -2.17. The van der Waals surface area contributed by atoms with Gasteiger partial charge in [0.2, 0.25) is 0 Å². The van der Waals surface area contributed by atoms with Gasteiger partial charge in [-0.15, -0.1) is 0 Å². The Labute approximate surface area is 114 Å². The molecule has 3 rings (SSSR count). The molecule has 0 bridgehead atoms. The van der Waals surface area contributed by atoms with Crippen LogP contribution in [0.15, 0.2) is 18.2 Å². The molecule has 0 amide bonds. The average Bonchev–Trinajstić information content (AvgIpc) is 2.72. The van der Waals surface area contributed by atoms with Gasteiger partial charge in [-0.25, -0.2) is 0 Å². The Morgan fingerprint density at radius 3 is 2.68 bits per heavy atom. The summed E-state index contributed by atoms with van der Waals surface area (Å²) in [5, 5.41) is 4.51. The summed E-state index contributed by atoms with van der Waals surface area (Å²) in [5.74, 6) is 0. The number of aryl methyl sites for hydroxylation is 4. The molecular weight excluding hydrogens is 234 g/mol. The van der Waals surface area contributed by atoms with E-state index in [1.165, 1.54) is 47.9 Å². The largest absolute Gasteiger partial charge is 0.325 e. The minimum Gasteiger partial charge on any atom is -0.325 e. The Kier molecular flexibility index (Phi) is 3.15. The van der Waals surface area contributed by atoms with Gasteiger partial charge in [-0.1, -0.05) is 18.2 Å². The Morgan fingerprint density at radius 1 is 1.21 bits per heavy atom. The summed E-state index contributed by atoms with van der Waals surface area (Å²) in [5.41, 5.74) is 13.6. The van der Waals surface area contributed by atoms with Gasteiger partial charge in [0.25, 0.3) is 0 Å². The highest BCUT2D eigenvalue weighted by Crippen LogP contribution is 2.31. The minimum absolute atomic E-state index is 0.532. The number of hydrogen-bond acceptors (Lipinski definition) is 2. The summed E-state index contributed by atoms with van der Waals surface area (Å²) in [4.78, 5) is 0. The number of nitrogens with zero attached hydrogens (tertiary/aromatic N) is 2. The van der Waals surface area contributed by atoms with Gasteiger partial charge in [-0.3, -0.25) is 4.68 Å². The molecule has 0 radical (unpaired) electrons. The van der Waals surface area contributed by atoms with Crippen LogP contribution in [-0.4, -0.2) is 9.78 Å².